The van der Waals surface area contributed by atoms with Crippen molar-refractivity contribution in [1.82, 2.24) is 9.47 Å². The van der Waals surface area contributed by atoms with Crippen LogP contribution in [0.15, 0.2) is 65.5 Å². The SMILES string of the molecule is CCOc1cccc(-n2ccc([C@H]3SCC(=O)N3Cc3ccco3)c2)c1. The van der Waals surface area contributed by atoms with Gasteiger partial charge in [-0.1, -0.05) is 6.07 Å². The highest BCUT2D eigenvalue weighted by atomic mass is 32.2. The van der Waals surface area contributed by atoms with Crippen LogP contribution >= 0.6 is 11.8 Å². The molecule has 0 aliphatic carbocycles. The van der Waals surface area contributed by atoms with Crippen LogP contribution < -0.4 is 4.74 Å². The summed E-state index contributed by atoms with van der Waals surface area (Å²) >= 11 is 1.65. The predicted octanol–water partition coefficient (Wildman–Crippen LogP) is 4.24. The molecule has 1 saturated heterocycles. The fourth-order valence-electron chi connectivity index (χ4n) is 3.09. The van der Waals surface area contributed by atoms with E-state index in [9.17, 15) is 4.79 Å². The summed E-state index contributed by atoms with van der Waals surface area (Å²) in [5, 5.41) is 0.00363. The Morgan fingerprint density at radius 1 is 1.27 bits per heavy atom. The number of furan rings is 1. The number of aromatic nitrogens is 1. The fourth-order valence-corrected chi connectivity index (χ4v) is 4.26. The second-order valence-electron chi connectivity index (χ2n) is 6.05. The van der Waals surface area contributed by atoms with E-state index in [0.717, 1.165) is 22.8 Å². The van der Waals surface area contributed by atoms with Gasteiger partial charge in [-0.25, -0.2) is 0 Å². The predicted molar refractivity (Wildman–Crippen MR) is 101 cm³/mol. The number of hydrogen-bond acceptors (Lipinski definition) is 4. The van der Waals surface area contributed by atoms with Gasteiger partial charge in [0.2, 0.25) is 5.91 Å². The molecule has 0 spiro atoms. The van der Waals surface area contributed by atoms with Crippen LogP contribution in [0.2, 0.25) is 0 Å². The van der Waals surface area contributed by atoms with Crippen LogP contribution in [0, 0.1) is 0 Å². The summed E-state index contributed by atoms with van der Waals surface area (Å²) in [7, 11) is 0. The van der Waals surface area contributed by atoms with Crippen molar-refractivity contribution >= 4 is 17.7 Å². The number of ether oxygens (including phenoxy) is 1. The third-order valence-electron chi connectivity index (χ3n) is 4.30. The van der Waals surface area contributed by atoms with Gasteiger partial charge in [-0.2, -0.15) is 0 Å². The average Bonchev–Trinajstić information content (AvgIpc) is 3.39. The molecule has 1 atom stereocenters. The summed E-state index contributed by atoms with van der Waals surface area (Å²) in [5.74, 6) is 2.29. The minimum Gasteiger partial charge on any atom is -0.494 e. The molecule has 5 nitrogen and oxygen atoms in total. The molecule has 1 aliphatic heterocycles. The standard InChI is InChI=1S/C20H20N2O3S/c1-2-24-17-6-3-5-16(11-17)21-9-8-15(12-21)20-22(19(23)14-26-20)13-18-7-4-10-25-18/h3-12,20H,2,13-14H2,1H3/t20-/m1/s1. The first-order valence-electron chi connectivity index (χ1n) is 8.59. The lowest BCUT2D eigenvalue weighted by Crippen LogP contribution is -2.27. The third-order valence-corrected chi connectivity index (χ3v) is 5.56. The van der Waals surface area contributed by atoms with Crippen molar-refractivity contribution in [2.45, 2.75) is 18.8 Å². The van der Waals surface area contributed by atoms with E-state index in [-0.39, 0.29) is 11.3 Å². The summed E-state index contributed by atoms with van der Waals surface area (Å²) in [6.45, 7) is 3.11. The molecule has 0 N–H and O–H groups in total. The largest absolute Gasteiger partial charge is 0.494 e. The Morgan fingerprint density at radius 3 is 3.00 bits per heavy atom. The highest BCUT2D eigenvalue weighted by molar-refractivity contribution is 8.00. The third kappa shape index (κ3) is 3.37. The summed E-state index contributed by atoms with van der Waals surface area (Å²) in [5.41, 5.74) is 2.14. The molecular formula is C20H20N2O3S. The van der Waals surface area contributed by atoms with E-state index in [0.29, 0.717) is 18.9 Å². The van der Waals surface area contributed by atoms with Gasteiger partial charge in [0, 0.05) is 29.7 Å². The maximum absolute atomic E-state index is 12.3. The van der Waals surface area contributed by atoms with Crippen LogP contribution in [-0.2, 0) is 11.3 Å². The quantitative estimate of drug-likeness (QED) is 0.653. The number of rotatable bonds is 6. The first-order chi connectivity index (χ1) is 12.7. The second-order valence-corrected chi connectivity index (χ2v) is 7.12. The van der Waals surface area contributed by atoms with Crippen molar-refractivity contribution in [3.8, 4) is 11.4 Å². The molecule has 1 fully saturated rings. The van der Waals surface area contributed by atoms with Crippen LogP contribution in [0.25, 0.3) is 5.69 Å². The van der Waals surface area contributed by atoms with Crippen molar-refractivity contribution < 1.29 is 13.9 Å². The number of thioether (sulfide) groups is 1. The van der Waals surface area contributed by atoms with Gasteiger partial charge >= 0.3 is 0 Å². The van der Waals surface area contributed by atoms with Crippen molar-refractivity contribution in [1.29, 1.82) is 0 Å². The smallest absolute Gasteiger partial charge is 0.234 e. The van der Waals surface area contributed by atoms with Gasteiger partial charge in [-0.15, -0.1) is 11.8 Å². The van der Waals surface area contributed by atoms with Crippen molar-refractivity contribution in [3.63, 3.8) is 0 Å². The fraction of sp³-hybridized carbons (Fsp3) is 0.250. The minimum absolute atomic E-state index is 0.00363. The molecule has 0 saturated carbocycles. The van der Waals surface area contributed by atoms with Crippen molar-refractivity contribution in [3.05, 3.63) is 72.4 Å². The van der Waals surface area contributed by atoms with Gasteiger partial charge in [0.05, 0.1) is 25.2 Å². The lowest BCUT2D eigenvalue weighted by atomic mass is 10.3. The highest BCUT2D eigenvalue weighted by Crippen LogP contribution is 2.40. The number of benzene rings is 1. The number of nitrogens with zero attached hydrogens (tertiary/aromatic N) is 2. The number of carbonyl (C=O) groups excluding carboxylic acids is 1. The van der Waals surface area contributed by atoms with Crippen LogP contribution in [0.4, 0.5) is 0 Å². The Balaban J connectivity index is 1.57. The van der Waals surface area contributed by atoms with Crippen molar-refractivity contribution in [2.24, 2.45) is 0 Å². The second kappa shape index (κ2) is 7.33. The molecule has 0 bridgehead atoms. The van der Waals surface area contributed by atoms with Gasteiger partial charge in [0.25, 0.3) is 0 Å². The Bertz CT molecular complexity index is 888. The molecule has 134 valence electrons. The Kier molecular flexibility index (Phi) is 4.75. The number of hydrogen-bond donors (Lipinski definition) is 0. The first kappa shape index (κ1) is 16.8. The van der Waals surface area contributed by atoms with Gasteiger partial charge in [-0.05, 0) is 37.3 Å². The normalized spacial score (nSPS) is 17.0. The van der Waals surface area contributed by atoms with Gasteiger partial charge in [0.15, 0.2) is 0 Å². The van der Waals surface area contributed by atoms with Crippen LogP contribution in [0.1, 0.15) is 23.6 Å². The van der Waals surface area contributed by atoms with E-state index in [1.54, 1.807) is 18.0 Å². The number of carbonyl (C=O) groups is 1. The molecule has 26 heavy (non-hydrogen) atoms. The molecule has 1 aromatic carbocycles. The average molecular weight is 368 g/mol. The van der Waals surface area contributed by atoms with E-state index in [2.05, 4.69) is 16.8 Å². The molecule has 6 heteroatoms. The topological polar surface area (TPSA) is 47.6 Å². The van der Waals surface area contributed by atoms with Gasteiger partial charge < -0.3 is 18.6 Å². The van der Waals surface area contributed by atoms with E-state index in [4.69, 9.17) is 9.15 Å². The molecule has 3 heterocycles. The zero-order valence-electron chi connectivity index (χ0n) is 14.5. The molecule has 1 aliphatic rings. The molecule has 1 amide bonds. The van der Waals surface area contributed by atoms with E-state index in [1.807, 2.05) is 54.4 Å². The zero-order valence-corrected chi connectivity index (χ0v) is 15.3. The molecule has 3 aromatic rings. The number of amides is 1. The lowest BCUT2D eigenvalue weighted by Gasteiger charge is -2.22. The minimum atomic E-state index is 0.00363. The van der Waals surface area contributed by atoms with E-state index < -0.39 is 0 Å². The van der Waals surface area contributed by atoms with Crippen LogP contribution in [0.5, 0.6) is 5.75 Å². The van der Waals surface area contributed by atoms with Crippen molar-refractivity contribution in [2.75, 3.05) is 12.4 Å². The zero-order chi connectivity index (χ0) is 17.9. The Labute approximate surface area is 156 Å². The summed E-state index contributed by atoms with van der Waals surface area (Å²) < 4.78 is 13.1. The summed E-state index contributed by atoms with van der Waals surface area (Å²) in [4.78, 5) is 14.2. The monoisotopic (exact) mass is 368 g/mol. The Morgan fingerprint density at radius 2 is 2.19 bits per heavy atom. The Hall–Kier alpha value is -2.60. The molecular weight excluding hydrogens is 348 g/mol. The maximum Gasteiger partial charge on any atom is 0.234 e. The summed E-state index contributed by atoms with van der Waals surface area (Å²) in [6.07, 6.45) is 5.74. The van der Waals surface area contributed by atoms with Crippen LogP contribution in [-0.4, -0.2) is 27.7 Å². The van der Waals surface area contributed by atoms with E-state index >= 15 is 0 Å². The van der Waals surface area contributed by atoms with Gasteiger partial charge in [0.1, 0.15) is 16.9 Å². The van der Waals surface area contributed by atoms with Gasteiger partial charge in [-0.3, -0.25) is 4.79 Å². The van der Waals surface area contributed by atoms with E-state index in [1.165, 1.54) is 0 Å². The first-order valence-corrected chi connectivity index (χ1v) is 9.64. The lowest BCUT2D eigenvalue weighted by molar-refractivity contribution is -0.128. The maximum atomic E-state index is 12.3. The van der Waals surface area contributed by atoms with Crippen LogP contribution in [0.3, 0.4) is 0 Å². The molecule has 4 rings (SSSR count). The molecule has 0 unspecified atom stereocenters. The molecule has 2 aromatic heterocycles. The summed E-state index contributed by atoms with van der Waals surface area (Å²) in [6, 6.07) is 13.8. The molecule has 0 radical (unpaired) electrons. The highest BCUT2D eigenvalue weighted by Gasteiger charge is 2.33.